The van der Waals surface area contributed by atoms with Gasteiger partial charge in [0.05, 0.1) is 6.10 Å². The molecule has 3 nitrogen and oxygen atoms in total. The highest BCUT2D eigenvalue weighted by Gasteiger charge is 2.11. The average molecular weight is 370 g/mol. The average Bonchev–Trinajstić information content (AvgIpc) is 2.68. The van der Waals surface area contributed by atoms with Gasteiger partial charge in [0.1, 0.15) is 0 Å². The van der Waals surface area contributed by atoms with Crippen LogP contribution in [0.2, 0.25) is 0 Å². The highest BCUT2D eigenvalue weighted by Crippen LogP contribution is 2.21. The number of nitrogens with one attached hydrogen (secondary N) is 1. The Hall–Kier alpha value is -2.37. The van der Waals surface area contributed by atoms with Gasteiger partial charge < -0.3 is 10.4 Å². The SMILES string of the molecule is C[C@H](CCCC(O)c1ccc(F)c(F)c1)NCc1ccc2cnccc2c1. The lowest BCUT2D eigenvalue weighted by molar-refractivity contribution is 0.161. The molecular formula is C22H24F2N2O. The second kappa shape index (κ2) is 9.02. The highest BCUT2D eigenvalue weighted by atomic mass is 19.2. The van der Waals surface area contributed by atoms with Gasteiger partial charge in [0.15, 0.2) is 11.6 Å². The van der Waals surface area contributed by atoms with Gasteiger partial charge in [-0.15, -0.1) is 0 Å². The quantitative estimate of drug-likeness (QED) is 0.593. The van der Waals surface area contributed by atoms with Gasteiger partial charge in [-0.25, -0.2) is 8.78 Å². The number of hydrogen-bond donors (Lipinski definition) is 2. The number of halogens is 2. The van der Waals surface area contributed by atoms with Crippen LogP contribution in [0.4, 0.5) is 8.78 Å². The molecule has 0 aliphatic carbocycles. The van der Waals surface area contributed by atoms with E-state index >= 15 is 0 Å². The van der Waals surface area contributed by atoms with Crippen molar-refractivity contribution in [3.8, 4) is 0 Å². The molecule has 1 aromatic heterocycles. The summed E-state index contributed by atoms with van der Waals surface area (Å²) in [5.74, 6) is -1.82. The molecule has 142 valence electrons. The Morgan fingerprint density at radius 2 is 1.85 bits per heavy atom. The maximum atomic E-state index is 13.2. The number of nitrogens with zero attached hydrogens (tertiary/aromatic N) is 1. The maximum absolute atomic E-state index is 13.2. The van der Waals surface area contributed by atoms with E-state index in [1.165, 1.54) is 17.0 Å². The standard InChI is InChI=1S/C22H24F2N2O/c1-15(3-2-4-22(27)18-7-8-20(23)21(24)12-18)26-13-16-5-6-19-14-25-10-9-17(19)11-16/h5-12,14-15,22,26-27H,2-4,13H2,1H3/t15-,22?/m1/s1. The fourth-order valence-electron chi connectivity index (χ4n) is 3.14. The molecule has 0 amide bonds. The van der Waals surface area contributed by atoms with E-state index in [1.807, 2.05) is 12.3 Å². The minimum absolute atomic E-state index is 0.287. The lowest BCUT2D eigenvalue weighted by atomic mass is 10.0. The van der Waals surface area contributed by atoms with Crippen LogP contribution < -0.4 is 5.32 Å². The minimum Gasteiger partial charge on any atom is -0.388 e. The number of aliphatic hydroxyl groups is 1. The summed E-state index contributed by atoms with van der Waals surface area (Å²) in [6, 6.07) is 12.2. The molecule has 2 N–H and O–H groups in total. The molecule has 0 aliphatic rings. The number of fused-ring (bicyclic) bond motifs is 1. The van der Waals surface area contributed by atoms with Crippen LogP contribution in [0.3, 0.4) is 0 Å². The second-order valence-corrected chi connectivity index (χ2v) is 6.96. The smallest absolute Gasteiger partial charge is 0.159 e. The summed E-state index contributed by atoms with van der Waals surface area (Å²) in [4.78, 5) is 4.12. The highest BCUT2D eigenvalue weighted by molar-refractivity contribution is 5.81. The van der Waals surface area contributed by atoms with Crippen LogP contribution in [-0.4, -0.2) is 16.1 Å². The fraction of sp³-hybridized carbons (Fsp3) is 0.318. The Morgan fingerprint density at radius 1 is 1.00 bits per heavy atom. The van der Waals surface area contributed by atoms with Crippen LogP contribution in [0.15, 0.2) is 54.9 Å². The first kappa shape index (κ1) is 19.4. The van der Waals surface area contributed by atoms with E-state index in [0.29, 0.717) is 12.0 Å². The zero-order chi connectivity index (χ0) is 19.2. The molecule has 0 radical (unpaired) electrons. The molecule has 1 heterocycles. The van der Waals surface area contributed by atoms with Crippen molar-refractivity contribution in [2.75, 3.05) is 0 Å². The predicted octanol–water partition coefficient (Wildman–Crippen LogP) is 4.90. The third kappa shape index (κ3) is 5.31. The summed E-state index contributed by atoms with van der Waals surface area (Å²) in [7, 11) is 0. The van der Waals surface area contributed by atoms with Crippen LogP contribution in [0, 0.1) is 11.6 Å². The first-order valence-corrected chi connectivity index (χ1v) is 9.22. The lowest BCUT2D eigenvalue weighted by Crippen LogP contribution is -2.25. The van der Waals surface area contributed by atoms with Crippen molar-refractivity contribution in [3.05, 3.63) is 77.6 Å². The number of benzene rings is 2. The Labute approximate surface area is 158 Å². The molecule has 0 saturated heterocycles. The van der Waals surface area contributed by atoms with Gasteiger partial charge in [0.2, 0.25) is 0 Å². The summed E-state index contributed by atoms with van der Waals surface area (Å²) in [5, 5.41) is 15.9. The number of aromatic nitrogens is 1. The largest absolute Gasteiger partial charge is 0.388 e. The molecule has 2 atom stereocenters. The predicted molar refractivity (Wildman–Crippen MR) is 103 cm³/mol. The normalized spacial score (nSPS) is 13.6. The summed E-state index contributed by atoms with van der Waals surface area (Å²) >= 11 is 0. The molecule has 0 fully saturated rings. The molecule has 0 bridgehead atoms. The molecule has 5 heteroatoms. The molecule has 0 spiro atoms. The van der Waals surface area contributed by atoms with Crippen molar-refractivity contribution in [2.45, 2.75) is 44.9 Å². The first-order valence-electron chi connectivity index (χ1n) is 9.22. The van der Waals surface area contributed by atoms with Gasteiger partial charge in [0.25, 0.3) is 0 Å². The van der Waals surface area contributed by atoms with Crippen LogP contribution >= 0.6 is 0 Å². The minimum atomic E-state index is -0.923. The summed E-state index contributed by atoms with van der Waals surface area (Å²) in [6.07, 6.45) is 5.06. The first-order chi connectivity index (χ1) is 13.0. The van der Waals surface area contributed by atoms with E-state index in [2.05, 4.69) is 35.4 Å². The van der Waals surface area contributed by atoms with Crippen LogP contribution in [0.25, 0.3) is 10.8 Å². The fourth-order valence-corrected chi connectivity index (χ4v) is 3.14. The molecule has 0 saturated carbocycles. The maximum Gasteiger partial charge on any atom is 0.159 e. The van der Waals surface area contributed by atoms with Crippen molar-refractivity contribution in [1.82, 2.24) is 10.3 Å². The van der Waals surface area contributed by atoms with Crippen LogP contribution in [0.5, 0.6) is 0 Å². The zero-order valence-electron chi connectivity index (χ0n) is 15.3. The number of pyridine rings is 1. The number of aliphatic hydroxyl groups excluding tert-OH is 1. The molecule has 3 rings (SSSR count). The van der Waals surface area contributed by atoms with Crippen LogP contribution in [-0.2, 0) is 6.54 Å². The molecule has 27 heavy (non-hydrogen) atoms. The number of hydrogen-bond acceptors (Lipinski definition) is 3. The Bertz CT molecular complexity index is 900. The molecule has 2 aromatic carbocycles. The monoisotopic (exact) mass is 370 g/mol. The van der Waals surface area contributed by atoms with Gasteiger partial charge >= 0.3 is 0 Å². The van der Waals surface area contributed by atoms with E-state index in [4.69, 9.17) is 0 Å². The van der Waals surface area contributed by atoms with Gasteiger partial charge in [-0.2, -0.15) is 0 Å². The van der Waals surface area contributed by atoms with Crippen LogP contribution in [0.1, 0.15) is 43.4 Å². The topological polar surface area (TPSA) is 45.1 Å². The van der Waals surface area contributed by atoms with E-state index in [-0.39, 0.29) is 6.04 Å². The van der Waals surface area contributed by atoms with E-state index in [0.717, 1.165) is 36.9 Å². The van der Waals surface area contributed by atoms with Crippen molar-refractivity contribution < 1.29 is 13.9 Å². The van der Waals surface area contributed by atoms with E-state index in [9.17, 15) is 13.9 Å². The Morgan fingerprint density at radius 3 is 2.67 bits per heavy atom. The number of rotatable bonds is 8. The van der Waals surface area contributed by atoms with Gasteiger partial charge in [-0.05, 0) is 67.0 Å². The second-order valence-electron chi connectivity index (χ2n) is 6.96. The van der Waals surface area contributed by atoms with Crippen molar-refractivity contribution >= 4 is 10.8 Å². The van der Waals surface area contributed by atoms with Gasteiger partial charge in [-0.1, -0.05) is 18.2 Å². The lowest BCUT2D eigenvalue weighted by Gasteiger charge is -2.16. The molecule has 0 aliphatic heterocycles. The third-order valence-corrected chi connectivity index (χ3v) is 4.80. The van der Waals surface area contributed by atoms with Crippen molar-refractivity contribution in [1.29, 1.82) is 0 Å². The third-order valence-electron chi connectivity index (χ3n) is 4.80. The van der Waals surface area contributed by atoms with Crippen molar-refractivity contribution in [2.24, 2.45) is 0 Å². The van der Waals surface area contributed by atoms with E-state index in [1.54, 1.807) is 6.20 Å². The Kier molecular flexibility index (Phi) is 6.48. The van der Waals surface area contributed by atoms with Gasteiger partial charge in [-0.3, -0.25) is 4.98 Å². The zero-order valence-corrected chi connectivity index (χ0v) is 15.3. The Balaban J connectivity index is 1.43. The van der Waals surface area contributed by atoms with Gasteiger partial charge in [0, 0.05) is 30.4 Å². The summed E-state index contributed by atoms with van der Waals surface area (Å²) in [6.45, 7) is 2.88. The summed E-state index contributed by atoms with van der Waals surface area (Å²) in [5.41, 5.74) is 1.63. The van der Waals surface area contributed by atoms with E-state index < -0.39 is 17.7 Å². The summed E-state index contributed by atoms with van der Waals surface area (Å²) < 4.78 is 26.2. The molecule has 1 unspecified atom stereocenters. The molecule has 3 aromatic rings. The van der Waals surface area contributed by atoms with Crippen molar-refractivity contribution in [3.63, 3.8) is 0 Å². The molecular weight excluding hydrogens is 346 g/mol.